The van der Waals surface area contributed by atoms with Crippen LogP contribution in [-0.4, -0.2) is 25.3 Å². The molecule has 4 heteroatoms. The fourth-order valence-corrected chi connectivity index (χ4v) is 1.77. The van der Waals surface area contributed by atoms with E-state index in [9.17, 15) is 4.79 Å². The number of carboxylic acids is 1. The van der Waals surface area contributed by atoms with E-state index in [1.807, 2.05) is 13.0 Å². The lowest BCUT2D eigenvalue weighted by atomic mass is 10.00. The Morgan fingerprint density at radius 2 is 2.06 bits per heavy atom. The number of aliphatic carboxylic acids is 1. The minimum atomic E-state index is -0.948. The predicted octanol–water partition coefficient (Wildman–Crippen LogP) is 2.97. The number of carboxylic acid groups (broad SMARTS) is 1. The Kier molecular flexibility index (Phi) is 5.24. The minimum absolute atomic E-state index is 0.621. The summed E-state index contributed by atoms with van der Waals surface area (Å²) in [6.45, 7) is 2.01. The molecule has 0 heterocycles. The molecule has 1 rings (SSSR count). The number of benzene rings is 1. The van der Waals surface area contributed by atoms with Crippen LogP contribution in [0.3, 0.4) is 0 Å². The zero-order chi connectivity index (χ0) is 13.5. The number of methoxy groups -OCH3 is 2. The van der Waals surface area contributed by atoms with Crippen molar-refractivity contribution in [1.82, 2.24) is 0 Å². The molecule has 0 aliphatic carbocycles. The van der Waals surface area contributed by atoms with Crippen LogP contribution in [-0.2, 0) is 4.79 Å². The molecular formula is C14H18O4. The van der Waals surface area contributed by atoms with E-state index in [0.717, 1.165) is 17.6 Å². The van der Waals surface area contributed by atoms with Crippen molar-refractivity contribution in [2.75, 3.05) is 14.2 Å². The monoisotopic (exact) mass is 250 g/mol. The van der Waals surface area contributed by atoms with Crippen molar-refractivity contribution in [3.8, 4) is 11.5 Å². The third-order valence-electron chi connectivity index (χ3n) is 2.57. The van der Waals surface area contributed by atoms with Gasteiger partial charge in [-0.15, -0.1) is 0 Å². The minimum Gasteiger partial charge on any atom is -0.497 e. The standard InChI is InChI=1S/C14H18O4/c1-4-5-10(8-14(15)16)12-7-6-11(17-2)9-13(12)18-3/h6-9H,4-5H2,1-3H3,(H,15,16)/b10-8+. The molecule has 0 aromatic heterocycles. The molecule has 0 bridgehead atoms. The number of carbonyl (C=O) groups is 1. The predicted molar refractivity (Wildman–Crippen MR) is 70.1 cm³/mol. The Labute approximate surface area is 107 Å². The van der Waals surface area contributed by atoms with Crippen LogP contribution >= 0.6 is 0 Å². The van der Waals surface area contributed by atoms with Gasteiger partial charge in [0.2, 0.25) is 0 Å². The van der Waals surface area contributed by atoms with Gasteiger partial charge in [-0.3, -0.25) is 0 Å². The van der Waals surface area contributed by atoms with Gasteiger partial charge in [0, 0.05) is 17.7 Å². The molecule has 98 valence electrons. The van der Waals surface area contributed by atoms with Gasteiger partial charge < -0.3 is 14.6 Å². The van der Waals surface area contributed by atoms with Gasteiger partial charge in [0.05, 0.1) is 14.2 Å². The molecule has 0 fully saturated rings. The average molecular weight is 250 g/mol. The molecule has 0 amide bonds. The second-order valence-electron chi connectivity index (χ2n) is 3.82. The van der Waals surface area contributed by atoms with E-state index in [1.165, 1.54) is 6.08 Å². The number of hydrogen-bond acceptors (Lipinski definition) is 3. The molecule has 0 radical (unpaired) electrons. The molecule has 1 aromatic carbocycles. The fraction of sp³-hybridized carbons (Fsp3) is 0.357. The van der Waals surface area contributed by atoms with E-state index >= 15 is 0 Å². The van der Waals surface area contributed by atoms with Gasteiger partial charge in [-0.05, 0) is 24.1 Å². The first-order chi connectivity index (χ1) is 8.62. The molecule has 0 atom stereocenters. The van der Waals surface area contributed by atoms with Crippen molar-refractivity contribution >= 4 is 11.5 Å². The molecular weight excluding hydrogens is 232 g/mol. The summed E-state index contributed by atoms with van der Waals surface area (Å²) in [5, 5.41) is 8.89. The largest absolute Gasteiger partial charge is 0.497 e. The summed E-state index contributed by atoms with van der Waals surface area (Å²) in [5.41, 5.74) is 1.55. The SMILES string of the molecule is CCC/C(=C\C(=O)O)c1ccc(OC)cc1OC. The van der Waals surface area contributed by atoms with Crippen molar-refractivity contribution in [3.05, 3.63) is 29.8 Å². The van der Waals surface area contributed by atoms with Crippen LogP contribution in [0.1, 0.15) is 25.3 Å². The lowest BCUT2D eigenvalue weighted by Crippen LogP contribution is -1.97. The topological polar surface area (TPSA) is 55.8 Å². The molecule has 1 N–H and O–H groups in total. The maximum Gasteiger partial charge on any atom is 0.328 e. The first-order valence-electron chi connectivity index (χ1n) is 5.78. The number of hydrogen-bond donors (Lipinski definition) is 1. The summed E-state index contributed by atoms with van der Waals surface area (Å²) in [5.74, 6) is 0.355. The van der Waals surface area contributed by atoms with E-state index in [-0.39, 0.29) is 0 Å². The summed E-state index contributed by atoms with van der Waals surface area (Å²) in [4.78, 5) is 10.8. The zero-order valence-corrected chi connectivity index (χ0v) is 10.9. The van der Waals surface area contributed by atoms with E-state index in [1.54, 1.807) is 26.4 Å². The molecule has 0 unspecified atom stereocenters. The highest BCUT2D eigenvalue weighted by Gasteiger charge is 2.10. The van der Waals surface area contributed by atoms with Crippen LogP contribution in [0, 0.1) is 0 Å². The fourth-order valence-electron chi connectivity index (χ4n) is 1.77. The lowest BCUT2D eigenvalue weighted by Gasteiger charge is -2.12. The van der Waals surface area contributed by atoms with Crippen LogP contribution in [0.2, 0.25) is 0 Å². The number of rotatable bonds is 6. The summed E-state index contributed by atoms with van der Waals surface area (Å²) in [6, 6.07) is 5.37. The van der Waals surface area contributed by atoms with Crippen LogP contribution in [0.15, 0.2) is 24.3 Å². The van der Waals surface area contributed by atoms with Crippen LogP contribution in [0.25, 0.3) is 5.57 Å². The van der Waals surface area contributed by atoms with E-state index < -0.39 is 5.97 Å². The highest BCUT2D eigenvalue weighted by atomic mass is 16.5. The Bertz CT molecular complexity index is 449. The Morgan fingerprint density at radius 1 is 1.33 bits per heavy atom. The molecule has 18 heavy (non-hydrogen) atoms. The van der Waals surface area contributed by atoms with Crippen LogP contribution in [0.5, 0.6) is 11.5 Å². The number of ether oxygens (including phenoxy) is 2. The van der Waals surface area contributed by atoms with Crippen molar-refractivity contribution in [2.45, 2.75) is 19.8 Å². The van der Waals surface area contributed by atoms with Gasteiger partial charge in [0.1, 0.15) is 11.5 Å². The van der Waals surface area contributed by atoms with Gasteiger partial charge in [-0.1, -0.05) is 13.3 Å². The van der Waals surface area contributed by atoms with Crippen LogP contribution in [0.4, 0.5) is 0 Å². The smallest absolute Gasteiger partial charge is 0.328 e. The zero-order valence-electron chi connectivity index (χ0n) is 10.9. The van der Waals surface area contributed by atoms with Gasteiger partial charge >= 0.3 is 5.97 Å². The summed E-state index contributed by atoms with van der Waals surface area (Å²) in [7, 11) is 3.14. The van der Waals surface area contributed by atoms with Crippen LogP contribution < -0.4 is 9.47 Å². The second-order valence-corrected chi connectivity index (χ2v) is 3.82. The van der Waals surface area contributed by atoms with Gasteiger partial charge in [-0.2, -0.15) is 0 Å². The van der Waals surface area contributed by atoms with Gasteiger partial charge in [0.25, 0.3) is 0 Å². The molecule has 4 nitrogen and oxygen atoms in total. The van der Waals surface area contributed by atoms with Gasteiger partial charge in [0.15, 0.2) is 0 Å². The van der Waals surface area contributed by atoms with Crippen molar-refractivity contribution < 1.29 is 19.4 Å². The quantitative estimate of drug-likeness (QED) is 0.788. The third-order valence-corrected chi connectivity index (χ3v) is 2.57. The summed E-state index contributed by atoms with van der Waals surface area (Å²) >= 11 is 0. The normalized spacial score (nSPS) is 11.2. The molecule has 0 saturated carbocycles. The molecule has 1 aromatic rings. The Morgan fingerprint density at radius 3 is 2.56 bits per heavy atom. The maximum absolute atomic E-state index is 10.8. The van der Waals surface area contributed by atoms with Crippen molar-refractivity contribution in [1.29, 1.82) is 0 Å². The second kappa shape index (κ2) is 6.69. The molecule has 0 spiro atoms. The first kappa shape index (κ1) is 14.1. The van der Waals surface area contributed by atoms with Gasteiger partial charge in [-0.25, -0.2) is 4.79 Å². The van der Waals surface area contributed by atoms with E-state index in [0.29, 0.717) is 17.9 Å². The third kappa shape index (κ3) is 3.52. The number of allylic oxidation sites excluding steroid dienone is 1. The van der Waals surface area contributed by atoms with E-state index in [4.69, 9.17) is 14.6 Å². The summed E-state index contributed by atoms with van der Waals surface area (Å²) in [6.07, 6.45) is 2.79. The Balaban J connectivity index is 3.23. The highest BCUT2D eigenvalue weighted by Crippen LogP contribution is 2.32. The highest BCUT2D eigenvalue weighted by molar-refractivity contribution is 5.91. The lowest BCUT2D eigenvalue weighted by molar-refractivity contribution is -0.131. The summed E-state index contributed by atoms with van der Waals surface area (Å²) < 4.78 is 10.4. The molecule has 0 aliphatic rings. The average Bonchev–Trinajstić information content (AvgIpc) is 2.37. The van der Waals surface area contributed by atoms with Crippen molar-refractivity contribution in [3.63, 3.8) is 0 Å². The van der Waals surface area contributed by atoms with E-state index in [2.05, 4.69) is 0 Å². The van der Waals surface area contributed by atoms with Crippen molar-refractivity contribution in [2.24, 2.45) is 0 Å². The molecule has 0 saturated heterocycles. The Hall–Kier alpha value is -1.97. The first-order valence-corrected chi connectivity index (χ1v) is 5.78. The maximum atomic E-state index is 10.8. The molecule has 0 aliphatic heterocycles.